The van der Waals surface area contributed by atoms with Crippen molar-refractivity contribution < 1.29 is 23.9 Å². The number of rotatable bonds is 10. The predicted octanol–water partition coefficient (Wildman–Crippen LogP) is 3.45. The summed E-state index contributed by atoms with van der Waals surface area (Å²) in [6, 6.07) is 14.8. The highest BCUT2D eigenvalue weighted by Crippen LogP contribution is 2.38. The van der Waals surface area contributed by atoms with E-state index in [9.17, 15) is 14.4 Å². The van der Waals surface area contributed by atoms with Crippen molar-refractivity contribution in [3.63, 3.8) is 0 Å². The first-order valence-corrected chi connectivity index (χ1v) is 14.0. The number of fused-ring (bicyclic) bond motifs is 1. The number of nitrogen functional groups attached to an aromatic ring is 1. The van der Waals surface area contributed by atoms with Crippen molar-refractivity contribution in [2.45, 2.75) is 31.9 Å². The third-order valence-electron chi connectivity index (χ3n) is 6.78. The van der Waals surface area contributed by atoms with Gasteiger partial charge in [-0.2, -0.15) is 4.37 Å². The largest absolute Gasteiger partial charge is 0.492 e. The molecule has 5 N–H and O–H groups in total. The number of nitrogens with zero attached hydrogens (tertiary/aromatic N) is 3. The summed E-state index contributed by atoms with van der Waals surface area (Å²) in [5.74, 6) is -1.53. The first kappa shape index (κ1) is 28.0. The van der Waals surface area contributed by atoms with E-state index in [1.54, 1.807) is 48.7 Å². The Morgan fingerprint density at radius 2 is 2.02 bits per heavy atom. The van der Waals surface area contributed by atoms with E-state index in [0.29, 0.717) is 30.2 Å². The van der Waals surface area contributed by atoms with Crippen LogP contribution in [0.4, 0.5) is 11.4 Å². The molecule has 3 heterocycles. The summed E-state index contributed by atoms with van der Waals surface area (Å²) in [4.78, 5) is 46.1. The Hall–Kier alpha value is -4.55. The van der Waals surface area contributed by atoms with E-state index in [2.05, 4.69) is 14.7 Å². The normalized spacial score (nSPS) is 15.4. The molecule has 12 heteroatoms. The number of nitrogens with one attached hydrogen (secondary N) is 1. The Kier molecular flexibility index (Phi) is 8.41. The van der Waals surface area contributed by atoms with E-state index >= 15 is 0 Å². The number of primary amides is 1. The zero-order chi connectivity index (χ0) is 28.9. The van der Waals surface area contributed by atoms with Crippen molar-refractivity contribution in [3.05, 3.63) is 76.9 Å². The van der Waals surface area contributed by atoms with Crippen LogP contribution in [0.1, 0.15) is 51.5 Å². The summed E-state index contributed by atoms with van der Waals surface area (Å²) in [5, 5.41) is 3.78. The molecule has 0 radical (unpaired) electrons. The van der Waals surface area contributed by atoms with Crippen LogP contribution >= 0.6 is 11.5 Å². The molecule has 1 fully saturated rings. The lowest BCUT2D eigenvalue weighted by Gasteiger charge is -2.32. The smallest absolute Gasteiger partial charge is 0.273 e. The van der Waals surface area contributed by atoms with Crippen molar-refractivity contribution in [1.29, 1.82) is 0 Å². The number of anilines is 2. The summed E-state index contributed by atoms with van der Waals surface area (Å²) < 4.78 is 15.6. The maximum Gasteiger partial charge on any atom is 0.273 e. The number of para-hydroxylation sites is 2. The zero-order valence-electron chi connectivity index (χ0n) is 22.4. The second-order valence-electron chi connectivity index (χ2n) is 9.45. The third kappa shape index (κ3) is 5.83. The summed E-state index contributed by atoms with van der Waals surface area (Å²) in [5.41, 5.74) is 12.9. The van der Waals surface area contributed by atoms with Crippen LogP contribution in [0.3, 0.4) is 0 Å². The van der Waals surface area contributed by atoms with Gasteiger partial charge < -0.3 is 26.3 Å². The Balaban J connectivity index is 1.67. The number of benzene rings is 2. The number of ether oxygens (including phenoxy) is 2. The summed E-state index contributed by atoms with van der Waals surface area (Å²) in [6.45, 7) is 3.07. The van der Waals surface area contributed by atoms with Gasteiger partial charge in [0.05, 0.1) is 29.6 Å². The molecule has 0 aliphatic carbocycles. The number of amides is 3. The van der Waals surface area contributed by atoms with Gasteiger partial charge in [-0.1, -0.05) is 24.3 Å². The van der Waals surface area contributed by atoms with Gasteiger partial charge >= 0.3 is 0 Å². The molecule has 1 saturated heterocycles. The standard InChI is InChI=1S/C29H30N6O5S/c1-2-39-22-10-4-3-9-21(22)35(29(38)26-23(30)24(27(31)36)34-41-26)25(28(37)33-16-19-8-6-14-40-19)18-11-12-20-17(15-18)7-5-13-32-20/h3-5,7,9-13,15,19,25H,2,6,8,14,16,30H2,1H3,(H2,31,36)(H,33,37)/t19-,25+/m1/s1. The topological polar surface area (TPSA) is 163 Å². The minimum absolute atomic E-state index is 0.0236. The fourth-order valence-corrected chi connectivity index (χ4v) is 5.58. The number of pyridine rings is 1. The fourth-order valence-electron chi connectivity index (χ4n) is 4.84. The molecule has 2 aromatic carbocycles. The van der Waals surface area contributed by atoms with Gasteiger partial charge in [0.1, 0.15) is 16.7 Å². The molecule has 5 rings (SSSR count). The van der Waals surface area contributed by atoms with Gasteiger partial charge in [-0.25, -0.2) is 0 Å². The van der Waals surface area contributed by atoms with E-state index in [1.165, 1.54) is 4.90 Å². The van der Waals surface area contributed by atoms with E-state index in [4.69, 9.17) is 20.9 Å². The molecule has 0 unspecified atom stereocenters. The van der Waals surface area contributed by atoms with E-state index in [0.717, 1.165) is 35.3 Å². The van der Waals surface area contributed by atoms with Crippen molar-refractivity contribution in [2.24, 2.45) is 5.73 Å². The van der Waals surface area contributed by atoms with Crippen LogP contribution in [-0.2, 0) is 9.53 Å². The number of carbonyl (C=O) groups is 3. The monoisotopic (exact) mass is 574 g/mol. The Morgan fingerprint density at radius 3 is 2.76 bits per heavy atom. The van der Waals surface area contributed by atoms with Gasteiger partial charge in [-0.3, -0.25) is 24.3 Å². The first-order chi connectivity index (χ1) is 19.9. The number of carbonyl (C=O) groups excluding carboxylic acids is 3. The van der Waals surface area contributed by atoms with Crippen LogP contribution in [-0.4, -0.2) is 52.9 Å². The van der Waals surface area contributed by atoms with Crippen molar-refractivity contribution in [1.82, 2.24) is 14.7 Å². The quantitative estimate of drug-likeness (QED) is 0.259. The number of nitrogens with two attached hydrogens (primary N) is 2. The van der Waals surface area contributed by atoms with Gasteiger partial charge in [0.15, 0.2) is 5.69 Å². The summed E-state index contributed by atoms with van der Waals surface area (Å²) in [7, 11) is 0. The molecule has 4 aromatic rings. The summed E-state index contributed by atoms with van der Waals surface area (Å²) in [6.07, 6.45) is 3.32. The Labute approximate surface area is 240 Å². The molecule has 0 spiro atoms. The predicted molar refractivity (Wildman–Crippen MR) is 156 cm³/mol. The van der Waals surface area contributed by atoms with Crippen molar-refractivity contribution in [3.8, 4) is 5.75 Å². The van der Waals surface area contributed by atoms with Gasteiger partial charge in [-0.15, -0.1) is 0 Å². The van der Waals surface area contributed by atoms with E-state index < -0.39 is 23.8 Å². The second kappa shape index (κ2) is 12.3. The van der Waals surface area contributed by atoms with Crippen LogP contribution in [0.2, 0.25) is 0 Å². The summed E-state index contributed by atoms with van der Waals surface area (Å²) >= 11 is 0.746. The molecule has 2 atom stereocenters. The van der Waals surface area contributed by atoms with Crippen LogP contribution in [0.5, 0.6) is 5.75 Å². The van der Waals surface area contributed by atoms with E-state index in [-0.39, 0.29) is 28.9 Å². The molecule has 3 amide bonds. The van der Waals surface area contributed by atoms with E-state index in [1.807, 2.05) is 19.1 Å². The molecule has 2 aromatic heterocycles. The van der Waals surface area contributed by atoms with Gasteiger partial charge in [0.25, 0.3) is 11.8 Å². The average Bonchev–Trinajstić information content (AvgIpc) is 3.64. The highest BCUT2D eigenvalue weighted by molar-refractivity contribution is 7.09. The Bertz CT molecular complexity index is 1580. The van der Waals surface area contributed by atoms with Crippen molar-refractivity contribution >= 4 is 51.5 Å². The number of aromatic nitrogens is 2. The van der Waals surface area contributed by atoms with Crippen LogP contribution < -0.4 is 26.4 Å². The van der Waals surface area contributed by atoms with Crippen LogP contribution in [0.25, 0.3) is 10.9 Å². The van der Waals surface area contributed by atoms with Gasteiger partial charge in [0.2, 0.25) is 5.91 Å². The lowest BCUT2D eigenvalue weighted by Crippen LogP contribution is -2.45. The molecule has 1 aliphatic heterocycles. The molecule has 0 saturated carbocycles. The molecule has 41 heavy (non-hydrogen) atoms. The van der Waals surface area contributed by atoms with Crippen molar-refractivity contribution in [2.75, 3.05) is 30.4 Å². The van der Waals surface area contributed by atoms with Crippen LogP contribution in [0.15, 0.2) is 60.8 Å². The lowest BCUT2D eigenvalue weighted by atomic mass is 10.00. The SMILES string of the molecule is CCOc1ccccc1N(C(=O)c1snc(C(N)=O)c1N)[C@H](C(=O)NC[C@H]1CCCO1)c1ccc2ncccc2c1. The highest BCUT2D eigenvalue weighted by Gasteiger charge is 2.37. The minimum atomic E-state index is -1.16. The lowest BCUT2D eigenvalue weighted by molar-refractivity contribution is -0.123. The Morgan fingerprint density at radius 1 is 1.20 bits per heavy atom. The molecule has 0 bridgehead atoms. The zero-order valence-corrected chi connectivity index (χ0v) is 23.2. The minimum Gasteiger partial charge on any atom is -0.492 e. The van der Waals surface area contributed by atoms with Gasteiger partial charge in [0, 0.05) is 24.7 Å². The number of hydrogen-bond donors (Lipinski definition) is 3. The first-order valence-electron chi connectivity index (χ1n) is 13.2. The fraction of sp³-hybridized carbons (Fsp3) is 0.276. The molecular weight excluding hydrogens is 544 g/mol. The van der Waals surface area contributed by atoms with Crippen LogP contribution in [0, 0.1) is 0 Å². The third-order valence-corrected chi connectivity index (χ3v) is 7.63. The maximum atomic E-state index is 14.4. The average molecular weight is 575 g/mol. The van der Waals surface area contributed by atoms with Gasteiger partial charge in [-0.05, 0) is 67.2 Å². The molecule has 11 nitrogen and oxygen atoms in total. The highest BCUT2D eigenvalue weighted by atomic mass is 32.1. The molecule has 212 valence electrons. The second-order valence-corrected chi connectivity index (χ2v) is 10.2. The number of hydrogen-bond acceptors (Lipinski definition) is 9. The molecule has 1 aliphatic rings. The maximum absolute atomic E-state index is 14.4. The molecular formula is C29H30N6O5S.